The summed E-state index contributed by atoms with van der Waals surface area (Å²) in [6.07, 6.45) is 6.01. The maximum absolute atomic E-state index is 9.68. The Morgan fingerprint density at radius 1 is 1.00 bits per heavy atom. The largest absolute Gasteiger partial charge is 0.396 e. The maximum Gasteiger partial charge on any atom is 0.174 e. The summed E-state index contributed by atoms with van der Waals surface area (Å²) in [5.74, 6) is 1.68. The Balaban J connectivity index is 1.72. The Bertz CT molecular complexity index is 290. The van der Waals surface area contributed by atoms with Crippen molar-refractivity contribution in [3.05, 3.63) is 0 Å². The summed E-state index contributed by atoms with van der Waals surface area (Å²) in [6.45, 7) is 1.90. The highest BCUT2D eigenvalue weighted by Crippen LogP contribution is 2.65. The summed E-state index contributed by atoms with van der Waals surface area (Å²) in [5.41, 5.74) is 0.219. The van der Waals surface area contributed by atoms with Crippen molar-refractivity contribution < 1.29 is 14.6 Å². The van der Waals surface area contributed by atoms with Gasteiger partial charge >= 0.3 is 0 Å². The first-order valence-electron chi connectivity index (χ1n) is 6.65. The van der Waals surface area contributed by atoms with Crippen LogP contribution in [0.25, 0.3) is 0 Å². The summed E-state index contributed by atoms with van der Waals surface area (Å²) in [5, 5.41) is 9.68. The number of hydrogen-bond acceptors (Lipinski definition) is 3. The van der Waals surface area contributed by atoms with Crippen LogP contribution >= 0.6 is 0 Å². The molecule has 0 radical (unpaired) electrons. The molecule has 4 saturated carbocycles. The van der Waals surface area contributed by atoms with Gasteiger partial charge in [-0.2, -0.15) is 0 Å². The van der Waals surface area contributed by atoms with E-state index in [0.29, 0.717) is 18.4 Å². The van der Waals surface area contributed by atoms with Crippen LogP contribution in [0.2, 0.25) is 0 Å². The average molecular weight is 224 g/mol. The van der Waals surface area contributed by atoms with Crippen molar-refractivity contribution in [1.29, 1.82) is 0 Å². The highest BCUT2D eigenvalue weighted by Gasteiger charge is 2.64. The van der Waals surface area contributed by atoms with Crippen LogP contribution < -0.4 is 0 Å². The van der Waals surface area contributed by atoms with Crippen molar-refractivity contribution in [1.82, 2.24) is 0 Å². The highest BCUT2D eigenvalue weighted by atomic mass is 16.7. The molecule has 4 aliphatic carbocycles. The second-order valence-electron chi connectivity index (χ2n) is 6.42. The fraction of sp³-hybridized carbons (Fsp3) is 1.00. The molecule has 3 nitrogen and oxygen atoms in total. The molecule has 1 spiro atoms. The zero-order chi connectivity index (χ0) is 10.8. The molecule has 1 aliphatic heterocycles. The molecular weight excluding hydrogens is 204 g/mol. The maximum atomic E-state index is 9.68. The molecule has 0 aromatic heterocycles. The third-order valence-corrected chi connectivity index (χ3v) is 5.53. The Kier molecular flexibility index (Phi) is 1.85. The molecule has 90 valence electrons. The van der Waals surface area contributed by atoms with Gasteiger partial charge < -0.3 is 14.6 Å². The second-order valence-corrected chi connectivity index (χ2v) is 6.42. The quantitative estimate of drug-likeness (QED) is 0.734. The van der Waals surface area contributed by atoms with Crippen LogP contribution in [0.15, 0.2) is 0 Å². The molecular formula is C13H20O3. The topological polar surface area (TPSA) is 38.7 Å². The Hall–Kier alpha value is -0.120. The van der Waals surface area contributed by atoms with Gasteiger partial charge in [0.1, 0.15) is 0 Å². The monoisotopic (exact) mass is 224 g/mol. The van der Waals surface area contributed by atoms with Crippen LogP contribution in [0.4, 0.5) is 0 Å². The molecule has 0 aromatic carbocycles. The van der Waals surface area contributed by atoms with Gasteiger partial charge in [0.2, 0.25) is 0 Å². The summed E-state index contributed by atoms with van der Waals surface area (Å²) in [4.78, 5) is 0. The molecule has 5 aliphatic rings. The van der Waals surface area contributed by atoms with Crippen LogP contribution in [-0.4, -0.2) is 30.7 Å². The van der Waals surface area contributed by atoms with Crippen LogP contribution in [-0.2, 0) is 9.47 Å². The molecule has 1 N–H and O–H groups in total. The van der Waals surface area contributed by atoms with Gasteiger partial charge in [-0.05, 0) is 43.4 Å². The van der Waals surface area contributed by atoms with E-state index in [4.69, 9.17) is 9.47 Å². The number of aliphatic hydroxyl groups is 1. The van der Waals surface area contributed by atoms with E-state index >= 15 is 0 Å². The zero-order valence-corrected chi connectivity index (χ0v) is 9.65. The van der Waals surface area contributed by atoms with Gasteiger partial charge in [0.15, 0.2) is 5.79 Å². The van der Waals surface area contributed by atoms with E-state index in [1.807, 2.05) is 0 Å². The lowest BCUT2D eigenvalue weighted by molar-refractivity contribution is -0.305. The van der Waals surface area contributed by atoms with Gasteiger partial charge in [-0.3, -0.25) is 0 Å². The minimum atomic E-state index is -0.240. The van der Waals surface area contributed by atoms with Crippen LogP contribution in [0, 0.1) is 23.2 Å². The molecule has 0 aromatic rings. The first kappa shape index (κ1) is 9.86. The lowest BCUT2D eigenvalue weighted by Gasteiger charge is -2.62. The van der Waals surface area contributed by atoms with E-state index in [1.165, 1.54) is 19.3 Å². The standard InChI is InChI=1S/C13H20O3/c14-8-12-5-9-3-10(6-12)13(11(4-9)7-12)15-1-2-16-13/h9-11,14H,1-8H2. The molecule has 0 amide bonds. The smallest absolute Gasteiger partial charge is 0.174 e. The third-order valence-electron chi connectivity index (χ3n) is 5.53. The van der Waals surface area contributed by atoms with Gasteiger partial charge in [-0.25, -0.2) is 0 Å². The van der Waals surface area contributed by atoms with E-state index in [9.17, 15) is 5.11 Å². The van der Waals surface area contributed by atoms with E-state index in [1.54, 1.807) is 0 Å². The zero-order valence-electron chi connectivity index (χ0n) is 9.65. The molecule has 5 rings (SSSR count). The molecule has 5 fully saturated rings. The SMILES string of the molecule is OCC12CC3CC(C1)C1(OCCO1)C(C3)C2. The molecule has 1 heterocycles. The third kappa shape index (κ3) is 1.05. The van der Waals surface area contributed by atoms with Gasteiger partial charge in [-0.15, -0.1) is 0 Å². The summed E-state index contributed by atoms with van der Waals surface area (Å²) in [6, 6.07) is 0. The van der Waals surface area contributed by atoms with Crippen LogP contribution in [0.1, 0.15) is 32.1 Å². The Morgan fingerprint density at radius 3 is 2.19 bits per heavy atom. The van der Waals surface area contributed by atoms with Crippen molar-refractivity contribution in [2.45, 2.75) is 37.9 Å². The Morgan fingerprint density at radius 2 is 1.62 bits per heavy atom. The first-order valence-corrected chi connectivity index (χ1v) is 6.65. The summed E-state index contributed by atoms with van der Waals surface area (Å²) >= 11 is 0. The lowest BCUT2D eigenvalue weighted by atomic mass is 9.47. The predicted molar refractivity (Wildman–Crippen MR) is 57.7 cm³/mol. The number of ether oxygens (including phenoxy) is 2. The molecule has 1 saturated heterocycles. The van der Waals surface area contributed by atoms with Crippen LogP contribution in [0.3, 0.4) is 0 Å². The summed E-state index contributed by atoms with van der Waals surface area (Å²) in [7, 11) is 0. The second kappa shape index (κ2) is 3.01. The fourth-order valence-corrected chi connectivity index (χ4v) is 5.20. The molecule has 2 unspecified atom stereocenters. The van der Waals surface area contributed by atoms with Gasteiger partial charge in [0.25, 0.3) is 0 Å². The lowest BCUT2D eigenvalue weighted by Crippen LogP contribution is -2.62. The van der Waals surface area contributed by atoms with E-state index < -0.39 is 0 Å². The molecule has 2 atom stereocenters. The molecule has 16 heavy (non-hydrogen) atoms. The highest BCUT2D eigenvalue weighted by molar-refractivity contribution is 5.09. The number of rotatable bonds is 1. The van der Waals surface area contributed by atoms with Crippen molar-refractivity contribution in [2.24, 2.45) is 23.2 Å². The number of aliphatic hydroxyl groups excluding tert-OH is 1. The van der Waals surface area contributed by atoms with E-state index in [-0.39, 0.29) is 11.2 Å². The normalized spacial score (nSPS) is 52.7. The van der Waals surface area contributed by atoms with Gasteiger partial charge in [0, 0.05) is 18.4 Å². The van der Waals surface area contributed by atoms with Gasteiger partial charge in [-0.1, -0.05) is 0 Å². The predicted octanol–water partition coefficient (Wildman–Crippen LogP) is 1.55. The van der Waals surface area contributed by atoms with Crippen molar-refractivity contribution in [3.8, 4) is 0 Å². The number of hydrogen-bond donors (Lipinski definition) is 1. The fourth-order valence-electron chi connectivity index (χ4n) is 5.20. The summed E-state index contributed by atoms with van der Waals surface area (Å²) < 4.78 is 12.0. The Labute approximate surface area is 96.1 Å². The van der Waals surface area contributed by atoms with Crippen molar-refractivity contribution in [3.63, 3.8) is 0 Å². The minimum absolute atomic E-state index is 0.219. The van der Waals surface area contributed by atoms with E-state index in [0.717, 1.165) is 32.0 Å². The average Bonchev–Trinajstić information content (AvgIpc) is 2.75. The van der Waals surface area contributed by atoms with Gasteiger partial charge in [0.05, 0.1) is 13.2 Å². The van der Waals surface area contributed by atoms with Crippen LogP contribution in [0.5, 0.6) is 0 Å². The molecule has 3 heteroatoms. The molecule has 4 bridgehead atoms. The van der Waals surface area contributed by atoms with Crippen molar-refractivity contribution in [2.75, 3.05) is 19.8 Å². The first-order chi connectivity index (χ1) is 7.76. The van der Waals surface area contributed by atoms with E-state index in [2.05, 4.69) is 0 Å². The minimum Gasteiger partial charge on any atom is -0.396 e. The van der Waals surface area contributed by atoms with Crippen molar-refractivity contribution >= 4 is 0 Å².